The molecular formula is C18H27F3O. The Hall–Kier alpha value is -0.250. The highest BCUT2D eigenvalue weighted by Crippen LogP contribution is 2.90. The van der Waals surface area contributed by atoms with E-state index >= 15 is 0 Å². The van der Waals surface area contributed by atoms with Gasteiger partial charge in [-0.1, -0.05) is 20.8 Å². The van der Waals surface area contributed by atoms with Crippen LogP contribution in [0.15, 0.2) is 0 Å². The fourth-order valence-corrected chi connectivity index (χ4v) is 7.33. The first-order valence-corrected chi connectivity index (χ1v) is 8.77. The molecule has 0 aromatic rings. The lowest BCUT2D eigenvalue weighted by atomic mass is 9.73. The quantitative estimate of drug-likeness (QED) is 0.804. The summed E-state index contributed by atoms with van der Waals surface area (Å²) in [5, 5.41) is 9.98. The highest BCUT2D eigenvalue weighted by Gasteiger charge is 2.85. The van der Waals surface area contributed by atoms with Crippen molar-refractivity contribution >= 4 is 0 Å². The second-order valence-electron chi connectivity index (χ2n) is 9.33. The number of hydrogen-bond acceptors (Lipinski definition) is 1. The van der Waals surface area contributed by atoms with Crippen LogP contribution in [0, 0.1) is 46.3 Å². The van der Waals surface area contributed by atoms with Crippen LogP contribution in [0.3, 0.4) is 0 Å². The van der Waals surface area contributed by atoms with Crippen LogP contribution in [0.5, 0.6) is 0 Å². The summed E-state index contributed by atoms with van der Waals surface area (Å²) in [5.74, 6) is 3.20. The van der Waals surface area contributed by atoms with Crippen molar-refractivity contribution in [2.45, 2.75) is 65.2 Å². The largest absolute Gasteiger partial charge is 0.416 e. The summed E-state index contributed by atoms with van der Waals surface area (Å²) in [6.45, 7) is 7.81. The smallest absolute Gasteiger partial charge is 0.381 e. The zero-order chi connectivity index (χ0) is 16.3. The fraction of sp³-hybridized carbons (Fsp3) is 1.00. The molecule has 4 rings (SSSR count). The number of rotatable bonds is 3. The van der Waals surface area contributed by atoms with E-state index in [1.54, 1.807) is 0 Å². The fourth-order valence-electron chi connectivity index (χ4n) is 7.33. The van der Waals surface area contributed by atoms with Gasteiger partial charge in [0.2, 0.25) is 0 Å². The maximum atomic E-state index is 13.1. The minimum atomic E-state index is -4.52. The average Bonchev–Trinajstić information content (AvgIpc) is 3.18. The van der Waals surface area contributed by atoms with Gasteiger partial charge in [0.1, 0.15) is 0 Å². The van der Waals surface area contributed by atoms with Crippen molar-refractivity contribution < 1.29 is 18.3 Å². The topological polar surface area (TPSA) is 20.2 Å². The van der Waals surface area contributed by atoms with E-state index in [1.165, 1.54) is 6.42 Å². The molecule has 0 aromatic heterocycles. The molecule has 8 unspecified atom stereocenters. The van der Waals surface area contributed by atoms with Crippen LogP contribution in [0.4, 0.5) is 13.2 Å². The first-order valence-electron chi connectivity index (χ1n) is 8.77. The van der Waals surface area contributed by atoms with Gasteiger partial charge in [-0.15, -0.1) is 0 Å². The van der Waals surface area contributed by atoms with Gasteiger partial charge in [-0.3, -0.25) is 0 Å². The van der Waals surface area contributed by atoms with Gasteiger partial charge in [0, 0.05) is 0 Å². The monoisotopic (exact) mass is 316 g/mol. The third-order valence-electron chi connectivity index (χ3n) is 8.36. The lowest BCUT2D eigenvalue weighted by molar-refractivity contribution is -0.259. The van der Waals surface area contributed by atoms with Gasteiger partial charge in [0.15, 0.2) is 5.60 Å². The summed E-state index contributed by atoms with van der Waals surface area (Å²) in [4.78, 5) is 0. The first-order chi connectivity index (χ1) is 9.98. The molecule has 0 heterocycles. The van der Waals surface area contributed by atoms with Gasteiger partial charge >= 0.3 is 6.18 Å². The van der Waals surface area contributed by atoms with Gasteiger partial charge in [0.05, 0.1) is 0 Å². The molecule has 0 amide bonds. The van der Waals surface area contributed by atoms with Crippen LogP contribution >= 0.6 is 0 Å². The molecule has 2 bridgehead atoms. The van der Waals surface area contributed by atoms with Crippen LogP contribution in [0.2, 0.25) is 0 Å². The van der Waals surface area contributed by atoms with Crippen LogP contribution in [0.1, 0.15) is 53.4 Å². The van der Waals surface area contributed by atoms with Crippen LogP contribution in [-0.4, -0.2) is 16.9 Å². The van der Waals surface area contributed by atoms with Gasteiger partial charge in [-0.05, 0) is 78.9 Å². The number of hydrogen-bond donors (Lipinski definition) is 1. The Kier molecular flexibility index (Phi) is 2.69. The minimum Gasteiger partial charge on any atom is -0.381 e. The molecule has 0 aromatic carbocycles. The van der Waals surface area contributed by atoms with Gasteiger partial charge in [-0.2, -0.15) is 13.2 Å². The number of aliphatic hydroxyl groups is 1. The molecule has 126 valence electrons. The molecule has 1 N–H and O–H groups in total. The van der Waals surface area contributed by atoms with Crippen molar-refractivity contribution in [1.82, 2.24) is 0 Å². The van der Waals surface area contributed by atoms with E-state index in [0.717, 1.165) is 25.7 Å². The SMILES string of the molecule is CC(C)C12CC1C1CC(CC(C)(O)C(F)(F)F)C3(C1)C(C)C32. The molecule has 4 aliphatic carbocycles. The van der Waals surface area contributed by atoms with Crippen LogP contribution in [-0.2, 0) is 0 Å². The van der Waals surface area contributed by atoms with Gasteiger partial charge in [0.25, 0.3) is 0 Å². The Balaban J connectivity index is 1.62. The second-order valence-corrected chi connectivity index (χ2v) is 9.33. The summed E-state index contributed by atoms with van der Waals surface area (Å²) >= 11 is 0. The lowest BCUT2D eigenvalue weighted by Gasteiger charge is -2.34. The Labute approximate surface area is 130 Å². The normalized spacial score (nSPS) is 54.7. The van der Waals surface area contributed by atoms with E-state index in [0.29, 0.717) is 29.1 Å². The summed E-state index contributed by atoms with van der Waals surface area (Å²) in [6.07, 6.45) is -1.29. The van der Waals surface area contributed by atoms with Crippen LogP contribution in [0.25, 0.3) is 0 Å². The Morgan fingerprint density at radius 3 is 2.41 bits per heavy atom. The van der Waals surface area contributed by atoms with E-state index in [4.69, 9.17) is 0 Å². The number of alkyl halides is 3. The Morgan fingerprint density at radius 1 is 1.23 bits per heavy atom. The van der Waals surface area contributed by atoms with Crippen molar-refractivity contribution in [1.29, 1.82) is 0 Å². The molecule has 1 spiro atoms. The summed E-state index contributed by atoms with van der Waals surface area (Å²) in [7, 11) is 0. The van der Waals surface area contributed by atoms with Crippen molar-refractivity contribution in [2.24, 2.45) is 46.3 Å². The zero-order valence-electron chi connectivity index (χ0n) is 13.9. The Morgan fingerprint density at radius 2 is 1.86 bits per heavy atom. The summed E-state index contributed by atoms with van der Waals surface area (Å²) < 4.78 is 39.3. The molecule has 4 saturated carbocycles. The predicted octanol–water partition coefficient (Wildman–Crippen LogP) is 4.64. The summed E-state index contributed by atoms with van der Waals surface area (Å²) in [6, 6.07) is 0. The third-order valence-corrected chi connectivity index (χ3v) is 8.36. The molecule has 8 atom stereocenters. The molecule has 4 aliphatic rings. The first kappa shape index (κ1) is 15.3. The molecule has 4 heteroatoms. The minimum absolute atomic E-state index is 0.0533. The molecule has 1 nitrogen and oxygen atoms in total. The van der Waals surface area contributed by atoms with E-state index in [-0.39, 0.29) is 17.8 Å². The maximum Gasteiger partial charge on any atom is 0.416 e. The van der Waals surface area contributed by atoms with E-state index < -0.39 is 11.8 Å². The molecule has 0 aliphatic heterocycles. The highest BCUT2D eigenvalue weighted by molar-refractivity contribution is 5.32. The van der Waals surface area contributed by atoms with Gasteiger partial charge < -0.3 is 5.11 Å². The van der Waals surface area contributed by atoms with Crippen LogP contribution < -0.4 is 0 Å². The molecule has 0 saturated heterocycles. The number of fused-ring (bicyclic) bond motifs is 4. The van der Waals surface area contributed by atoms with Crippen molar-refractivity contribution in [3.63, 3.8) is 0 Å². The third kappa shape index (κ3) is 1.51. The van der Waals surface area contributed by atoms with E-state index in [1.807, 2.05) is 0 Å². The standard InChI is InChI=1S/C18H27F3O/c1-9(2)16-8-13(16)11-5-12(7-15(4,22)18(19,20)21)17(6-11)10(3)14(16)17/h9-14,22H,5-8H2,1-4H3. The molecule has 4 fully saturated rings. The van der Waals surface area contributed by atoms with E-state index in [2.05, 4.69) is 20.8 Å². The zero-order valence-corrected chi connectivity index (χ0v) is 13.9. The molecule has 0 radical (unpaired) electrons. The molecular weight excluding hydrogens is 289 g/mol. The van der Waals surface area contributed by atoms with Crippen molar-refractivity contribution in [3.8, 4) is 0 Å². The second kappa shape index (κ2) is 3.87. The highest BCUT2D eigenvalue weighted by atomic mass is 19.4. The Bertz CT molecular complexity index is 511. The lowest BCUT2D eigenvalue weighted by Crippen LogP contribution is -2.44. The van der Waals surface area contributed by atoms with Crippen molar-refractivity contribution in [2.75, 3.05) is 0 Å². The summed E-state index contributed by atoms with van der Waals surface area (Å²) in [5.41, 5.74) is -2.01. The van der Waals surface area contributed by atoms with Gasteiger partial charge in [-0.25, -0.2) is 0 Å². The number of halogens is 3. The maximum absolute atomic E-state index is 13.1. The average molecular weight is 316 g/mol. The molecule has 22 heavy (non-hydrogen) atoms. The predicted molar refractivity (Wildman–Crippen MR) is 78.0 cm³/mol. The van der Waals surface area contributed by atoms with Crippen molar-refractivity contribution in [3.05, 3.63) is 0 Å². The van der Waals surface area contributed by atoms with E-state index in [9.17, 15) is 18.3 Å².